The molecule has 0 bridgehead atoms. The predicted octanol–water partition coefficient (Wildman–Crippen LogP) is 3.65. The zero-order valence-electron chi connectivity index (χ0n) is 21.9. The maximum atomic E-state index is 9.30. The molecule has 0 aliphatic carbocycles. The lowest BCUT2D eigenvalue weighted by molar-refractivity contribution is 0.267. The minimum atomic E-state index is 0.0261. The van der Waals surface area contributed by atoms with Crippen LogP contribution in [-0.4, -0.2) is 60.2 Å². The van der Waals surface area contributed by atoms with E-state index in [4.69, 9.17) is 16.4 Å². The number of hydrogen-bond acceptors (Lipinski definition) is 7. The lowest BCUT2D eigenvalue weighted by Crippen LogP contribution is -2.52. The Bertz CT molecular complexity index is 1340. The van der Waals surface area contributed by atoms with Gasteiger partial charge in [0, 0.05) is 68.4 Å². The van der Waals surface area contributed by atoms with Crippen molar-refractivity contribution in [2.24, 2.45) is 0 Å². The van der Waals surface area contributed by atoms with Gasteiger partial charge in [-0.1, -0.05) is 43.7 Å². The van der Waals surface area contributed by atoms with E-state index in [1.54, 1.807) is 0 Å². The van der Waals surface area contributed by atoms with Gasteiger partial charge in [-0.3, -0.25) is 0 Å². The third kappa shape index (κ3) is 5.33. The smallest absolute Gasteiger partial charge is 0.136 e. The third-order valence-corrected chi connectivity index (χ3v) is 7.36. The Morgan fingerprint density at radius 2 is 1.86 bits per heavy atom. The second-order valence-electron chi connectivity index (χ2n) is 9.90. The van der Waals surface area contributed by atoms with Crippen molar-refractivity contribution in [3.8, 4) is 18.5 Å². The van der Waals surface area contributed by atoms with E-state index in [0.29, 0.717) is 6.42 Å². The highest BCUT2D eigenvalue weighted by Gasteiger charge is 2.31. The van der Waals surface area contributed by atoms with Gasteiger partial charge in [0.2, 0.25) is 0 Å². The predicted molar refractivity (Wildman–Crippen MR) is 149 cm³/mol. The number of anilines is 2. The van der Waals surface area contributed by atoms with Crippen LogP contribution in [0.2, 0.25) is 0 Å². The molecule has 7 nitrogen and oxygen atoms in total. The first-order valence-corrected chi connectivity index (χ1v) is 13.3. The van der Waals surface area contributed by atoms with E-state index >= 15 is 0 Å². The summed E-state index contributed by atoms with van der Waals surface area (Å²) in [6, 6.07) is 18.1. The van der Waals surface area contributed by atoms with Crippen LogP contribution in [0.4, 0.5) is 11.5 Å². The van der Waals surface area contributed by atoms with Gasteiger partial charge in [-0.2, -0.15) is 5.26 Å². The SMILES string of the molecule is C#CN1CCN(c2nc(CC)nc3c2CCN(c2cccc4cccc(C)c24)C3)CC1CC#N.C1CN1. The zero-order chi connectivity index (χ0) is 25.8. The van der Waals surface area contributed by atoms with Gasteiger partial charge in [-0.15, -0.1) is 0 Å². The van der Waals surface area contributed by atoms with E-state index in [0.717, 1.165) is 62.9 Å². The van der Waals surface area contributed by atoms with E-state index in [1.807, 2.05) is 4.90 Å². The highest BCUT2D eigenvalue weighted by atomic mass is 15.3. The number of hydrogen-bond donors (Lipinski definition) is 1. The molecular weight excluding hydrogens is 458 g/mol. The molecule has 1 atom stereocenters. The molecule has 4 heterocycles. The van der Waals surface area contributed by atoms with E-state index in [9.17, 15) is 5.26 Å². The Balaban J connectivity index is 0.000000872. The molecule has 2 aromatic carbocycles. The van der Waals surface area contributed by atoms with Crippen LogP contribution < -0.4 is 15.1 Å². The third-order valence-electron chi connectivity index (χ3n) is 7.36. The minimum Gasteiger partial charge on any atom is -0.365 e. The van der Waals surface area contributed by atoms with Crippen LogP contribution in [-0.2, 0) is 19.4 Å². The summed E-state index contributed by atoms with van der Waals surface area (Å²) in [7, 11) is 0. The summed E-state index contributed by atoms with van der Waals surface area (Å²) in [5.74, 6) is 1.91. The van der Waals surface area contributed by atoms with E-state index < -0.39 is 0 Å². The number of nitrogens with one attached hydrogen (secondary N) is 1. The summed E-state index contributed by atoms with van der Waals surface area (Å²) in [4.78, 5) is 16.7. The lowest BCUT2D eigenvalue weighted by atomic mass is 9.99. The first kappa shape index (κ1) is 24.9. The fourth-order valence-electron chi connectivity index (χ4n) is 5.35. The second kappa shape index (κ2) is 11.1. The average molecular weight is 494 g/mol. The molecule has 1 N–H and O–H groups in total. The zero-order valence-corrected chi connectivity index (χ0v) is 21.9. The van der Waals surface area contributed by atoms with Crippen molar-refractivity contribution in [2.45, 2.75) is 45.7 Å². The van der Waals surface area contributed by atoms with Crippen molar-refractivity contribution in [2.75, 3.05) is 49.1 Å². The first-order valence-electron chi connectivity index (χ1n) is 13.3. The normalized spacial score (nSPS) is 18.4. The van der Waals surface area contributed by atoms with Crippen molar-refractivity contribution in [3.05, 3.63) is 59.0 Å². The first-order chi connectivity index (χ1) is 18.1. The molecule has 3 aromatic rings. The number of benzene rings is 2. The fraction of sp³-hybridized carbons (Fsp3) is 0.433. The van der Waals surface area contributed by atoms with Crippen molar-refractivity contribution in [1.29, 1.82) is 5.26 Å². The molecule has 7 heteroatoms. The van der Waals surface area contributed by atoms with E-state index in [-0.39, 0.29) is 6.04 Å². The highest BCUT2D eigenvalue weighted by Crippen LogP contribution is 2.35. The largest absolute Gasteiger partial charge is 0.365 e. The van der Waals surface area contributed by atoms with Crippen LogP contribution in [0.15, 0.2) is 36.4 Å². The number of nitriles is 1. The highest BCUT2D eigenvalue weighted by molar-refractivity contribution is 5.97. The van der Waals surface area contributed by atoms with Gasteiger partial charge in [-0.25, -0.2) is 9.97 Å². The van der Waals surface area contributed by atoms with Crippen LogP contribution in [0.25, 0.3) is 10.8 Å². The Labute approximate surface area is 220 Å². The van der Waals surface area contributed by atoms with Crippen molar-refractivity contribution in [1.82, 2.24) is 20.2 Å². The molecule has 0 spiro atoms. The number of piperazine rings is 1. The maximum absolute atomic E-state index is 9.30. The van der Waals surface area contributed by atoms with Crippen LogP contribution in [0.3, 0.4) is 0 Å². The van der Waals surface area contributed by atoms with Gasteiger partial charge in [-0.05, 0) is 30.4 Å². The van der Waals surface area contributed by atoms with Crippen LogP contribution in [0.1, 0.15) is 36.0 Å². The number of nitrogens with zero attached hydrogens (tertiary/aromatic N) is 6. The van der Waals surface area contributed by atoms with Gasteiger partial charge < -0.3 is 20.0 Å². The number of terminal acetylenes is 1. The van der Waals surface area contributed by atoms with Crippen LogP contribution in [0, 0.1) is 30.7 Å². The quantitative estimate of drug-likeness (QED) is 0.439. The van der Waals surface area contributed by atoms with Gasteiger partial charge in [0.25, 0.3) is 0 Å². The van der Waals surface area contributed by atoms with E-state index in [1.165, 1.54) is 40.7 Å². The van der Waals surface area contributed by atoms with Crippen LogP contribution >= 0.6 is 0 Å². The molecule has 2 saturated heterocycles. The average Bonchev–Trinajstić information content (AvgIpc) is 3.82. The Morgan fingerprint density at radius 1 is 1.08 bits per heavy atom. The van der Waals surface area contributed by atoms with Gasteiger partial charge in [0.15, 0.2) is 0 Å². The van der Waals surface area contributed by atoms with Gasteiger partial charge in [0.1, 0.15) is 11.6 Å². The molecule has 0 radical (unpaired) electrons. The standard InChI is InChI=1S/C28H30N6.C2H5N/c1-4-26-30-24-19-33(25-11-7-10-21-9-6-8-20(3)27(21)25)15-13-23(24)28(31-26)34-17-16-32(5-2)22(18-34)12-14-29;1-2-3-1/h2,6-11,22H,4,12-13,15-19H2,1,3H3;3H,1-2H2. The van der Waals surface area contributed by atoms with Crippen LogP contribution in [0.5, 0.6) is 0 Å². The summed E-state index contributed by atoms with van der Waals surface area (Å²) in [6.07, 6.45) is 7.81. The molecule has 3 aliphatic heterocycles. The molecule has 1 unspecified atom stereocenters. The van der Waals surface area contributed by atoms with Crippen molar-refractivity contribution < 1.29 is 0 Å². The summed E-state index contributed by atoms with van der Waals surface area (Å²) >= 11 is 0. The molecule has 3 aliphatic rings. The summed E-state index contributed by atoms with van der Waals surface area (Å²) in [5, 5.41) is 14.9. The number of rotatable bonds is 4. The summed E-state index contributed by atoms with van der Waals surface area (Å²) in [5.41, 5.74) is 4.94. The number of aryl methyl sites for hydroxylation is 2. The lowest BCUT2D eigenvalue weighted by Gasteiger charge is -2.41. The number of fused-ring (bicyclic) bond motifs is 2. The molecule has 2 fully saturated rings. The van der Waals surface area contributed by atoms with Crippen molar-refractivity contribution >= 4 is 22.3 Å². The van der Waals surface area contributed by atoms with Crippen molar-refractivity contribution in [3.63, 3.8) is 0 Å². The monoisotopic (exact) mass is 493 g/mol. The summed E-state index contributed by atoms with van der Waals surface area (Å²) in [6.45, 7) is 10.8. The molecule has 1 aromatic heterocycles. The molecule has 37 heavy (non-hydrogen) atoms. The second-order valence-corrected chi connectivity index (χ2v) is 9.90. The summed E-state index contributed by atoms with van der Waals surface area (Å²) < 4.78 is 0. The Hall–Kier alpha value is -3.81. The molecular formula is C30H35N7. The molecule has 0 saturated carbocycles. The topological polar surface area (TPSA) is 81.2 Å². The Morgan fingerprint density at radius 3 is 2.57 bits per heavy atom. The van der Waals surface area contributed by atoms with E-state index in [2.05, 4.69) is 77.5 Å². The molecule has 6 rings (SSSR count). The fourth-order valence-corrected chi connectivity index (χ4v) is 5.35. The maximum Gasteiger partial charge on any atom is 0.136 e. The minimum absolute atomic E-state index is 0.0261. The number of aromatic nitrogens is 2. The van der Waals surface area contributed by atoms with Gasteiger partial charge >= 0.3 is 0 Å². The van der Waals surface area contributed by atoms with Gasteiger partial charge in [0.05, 0.1) is 30.8 Å². The molecule has 0 amide bonds. The molecule has 190 valence electrons. The Kier molecular flexibility index (Phi) is 7.44.